The molecule has 0 aliphatic carbocycles. The van der Waals surface area contributed by atoms with Crippen molar-refractivity contribution in [2.45, 2.75) is 6.42 Å². The van der Waals surface area contributed by atoms with Crippen LogP contribution in [-0.2, 0) is 6.42 Å². The largest absolute Gasteiger partial charge is 0.227 e. The van der Waals surface area contributed by atoms with E-state index in [0.717, 1.165) is 5.01 Å². The van der Waals surface area contributed by atoms with E-state index in [1.165, 1.54) is 17.9 Å². The highest BCUT2D eigenvalue weighted by Gasteiger charge is 1.90. The van der Waals surface area contributed by atoms with Crippen molar-refractivity contribution in [1.29, 1.82) is 5.26 Å². The quantitative estimate of drug-likeness (QED) is 0.552. The maximum absolute atomic E-state index is 8.13. The van der Waals surface area contributed by atoms with Gasteiger partial charge in [0.1, 0.15) is 11.3 Å². The van der Waals surface area contributed by atoms with Crippen molar-refractivity contribution in [3.05, 3.63) is 11.3 Å². The van der Waals surface area contributed by atoms with Gasteiger partial charge in [-0.15, -0.1) is 0 Å². The highest BCUT2D eigenvalue weighted by molar-refractivity contribution is 7.05. The molecular formula is C4H3N3S. The minimum atomic E-state index is 0.380. The minimum absolute atomic E-state index is 0.380. The monoisotopic (exact) mass is 125 g/mol. The maximum atomic E-state index is 8.13. The lowest BCUT2D eigenvalue weighted by Gasteiger charge is -1.72. The molecule has 1 rings (SSSR count). The third-order valence-corrected chi connectivity index (χ3v) is 1.30. The molecule has 0 spiro atoms. The van der Waals surface area contributed by atoms with Crippen LogP contribution in [0.4, 0.5) is 0 Å². The van der Waals surface area contributed by atoms with E-state index in [1.807, 2.05) is 6.07 Å². The Labute approximate surface area is 50.8 Å². The Morgan fingerprint density at radius 2 is 2.75 bits per heavy atom. The molecule has 0 N–H and O–H groups in total. The van der Waals surface area contributed by atoms with Crippen LogP contribution >= 0.6 is 11.5 Å². The van der Waals surface area contributed by atoms with Crippen LogP contribution < -0.4 is 0 Å². The molecule has 0 fully saturated rings. The third-order valence-electron chi connectivity index (χ3n) is 0.637. The first-order chi connectivity index (χ1) is 3.93. The second-order valence-electron chi connectivity index (χ2n) is 1.17. The normalized spacial score (nSPS) is 8.38. The van der Waals surface area contributed by atoms with Crippen molar-refractivity contribution >= 4 is 11.5 Å². The van der Waals surface area contributed by atoms with E-state index in [-0.39, 0.29) is 0 Å². The highest BCUT2D eigenvalue weighted by Crippen LogP contribution is 1.97. The van der Waals surface area contributed by atoms with Gasteiger partial charge in [-0.2, -0.15) is 9.64 Å². The summed E-state index contributed by atoms with van der Waals surface area (Å²) in [6.45, 7) is 0. The Balaban J connectivity index is 2.67. The van der Waals surface area contributed by atoms with Gasteiger partial charge in [0.05, 0.1) is 12.5 Å². The van der Waals surface area contributed by atoms with Gasteiger partial charge >= 0.3 is 0 Å². The average molecular weight is 125 g/mol. The van der Waals surface area contributed by atoms with Gasteiger partial charge in [-0.3, -0.25) is 0 Å². The van der Waals surface area contributed by atoms with Crippen molar-refractivity contribution in [3.8, 4) is 6.07 Å². The summed E-state index contributed by atoms with van der Waals surface area (Å²) in [5.41, 5.74) is 0. The number of nitrogens with zero attached hydrogens (tertiary/aromatic N) is 3. The van der Waals surface area contributed by atoms with Crippen LogP contribution in [0.3, 0.4) is 0 Å². The van der Waals surface area contributed by atoms with E-state index >= 15 is 0 Å². The molecule has 0 radical (unpaired) electrons. The second-order valence-corrected chi connectivity index (χ2v) is 2.03. The third kappa shape index (κ3) is 1.01. The van der Waals surface area contributed by atoms with Crippen molar-refractivity contribution in [2.75, 3.05) is 0 Å². The average Bonchev–Trinajstić information content (AvgIpc) is 2.19. The van der Waals surface area contributed by atoms with Gasteiger partial charge in [-0.05, 0) is 11.5 Å². The molecular weight excluding hydrogens is 122 g/mol. The van der Waals surface area contributed by atoms with Crippen LogP contribution in [0.1, 0.15) is 5.01 Å². The summed E-state index contributed by atoms with van der Waals surface area (Å²) in [5, 5.41) is 8.91. The number of nitriles is 1. The Kier molecular flexibility index (Phi) is 1.55. The van der Waals surface area contributed by atoms with E-state index in [2.05, 4.69) is 9.36 Å². The molecule has 0 bridgehead atoms. The lowest BCUT2D eigenvalue weighted by atomic mass is 10.5. The molecule has 3 nitrogen and oxygen atoms in total. The molecule has 0 saturated carbocycles. The molecule has 0 aliphatic rings. The minimum Gasteiger partial charge on any atom is -0.227 e. The fourth-order valence-corrected chi connectivity index (χ4v) is 0.781. The Hall–Kier alpha value is -0.950. The fourth-order valence-electron chi connectivity index (χ4n) is 0.341. The zero-order valence-electron chi connectivity index (χ0n) is 4.03. The van der Waals surface area contributed by atoms with Crippen LogP contribution in [-0.4, -0.2) is 9.36 Å². The van der Waals surface area contributed by atoms with E-state index < -0.39 is 0 Å². The van der Waals surface area contributed by atoms with Gasteiger partial charge < -0.3 is 0 Å². The number of hydrogen-bond donors (Lipinski definition) is 0. The molecule has 1 heterocycles. The zero-order valence-corrected chi connectivity index (χ0v) is 4.85. The molecule has 0 atom stereocenters. The lowest BCUT2D eigenvalue weighted by molar-refractivity contribution is 1.17. The van der Waals surface area contributed by atoms with Gasteiger partial charge in [0, 0.05) is 0 Å². The van der Waals surface area contributed by atoms with Gasteiger partial charge in [0.25, 0.3) is 0 Å². The lowest BCUT2D eigenvalue weighted by Crippen LogP contribution is -1.74. The first kappa shape index (κ1) is 5.19. The first-order valence-corrected chi connectivity index (χ1v) is 2.83. The summed E-state index contributed by atoms with van der Waals surface area (Å²) >= 11 is 1.26. The van der Waals surface area contributed by atoms with Crippen LogP contribution in [0, 0.1) is 11.3 Å². The van der Waals surface area contributed by atoms with Crippen molar-refractivity contribution < 1.29 is 0 Å². The van der Waals surface area contributed by atoms with Crippen LogP contribution in [0.5, 0.6) is 0 Å². The van der Waals surface area contributed by atoms with E-state index in [9.17, 15) is 0 Å². The van der Waals surface area contributed by atoms with Crippen LogP contribution in [0.25, 0.3) is 0 Å². The summed E-state index contributed by atoms with van der Waals surface area (Å²) < 4.78 is 3.72. The van der Waals surface area contributed by atoms with Gasteiger partial charge in [-0.1, -0.05) is 0 Å². The Morgan fingerprint density at radius 3 is 3.25 bits per heavy atom. The van der Waals surface area contributed by atoms with Crippen LogP contribution in [0.15, 0.2) is 6.33 Å². The predicted octanol–water partition coefficient (Wildman–Crippen LogP) is 0.604. The maximum Gasteiger partial charge on any atom is 0.129 e. The van der Waals surface area contributed by atoms with Crippen molar-refractivity contribution in [2.24, 2.45) is 0 Å². The summed E-state index contributed by atoms with van der Waals surface area (Å²) in [7, 11) is 0. The van der Waals surface area contributed by atoms with Gasteiger partial charge in [0.15, 0.2) is 0 Å². The van der Waals surface area contributed by atoms with Crippen LogP contribution in [0.2, 0.25) is 0 Å². The number of hydrogen-bond acceptors (Lipinski definition) is 4. The Morgan fingerprint density at radius 1 is 1.88 bits per heavy atom. The highest BCUT2D eigenvalue weighted by atomic mass is 32.1. The van der Waals surface area contributed by atoms with Crippen molar-refractivity contribution in [3.63, 3.8) is 0 Å². The zero-order chi connectivity index (χ0) is 5.82. The van der Waals surface area contributed by atoms with Gasteiger partial charge in [0.2, 0.25) is 0 Å². The second kappa shape index (κ2) is 2.38. The number of rotatable bonds is 1. The van der Waals surface area contributed by atoms with E-state index in [1.54, 1.807) is 0 Å². The smallest absolute Gasteiger partial charge is 0.129 e. The number of aromatic nitrogens is 2. The topological polar surface area (TPSA) is 49.6 Å². The SMILES string of the molecule is N#CCc1ncns1. The molecule has 40 valence electrons. The molecule has 1 aromatic heterocycles. The van der Waals surface area contributed by atoms with E-state index in [4.69, 9.17) is 5.26 Å². The molecule has 0 unspecified atom stereocenters. The predicted molar refractivity (Wildman–Crippen MR) is 29.2 cm³/mol. The molecule has 0 aromatic carbocycles. The summed E-state index contributed by atoms with van der Waals surface area (Å²) in [6, 6.07) is 1.98. The summed E-state index contributed by atoms with van der Waals surface area (Å²) in [5.74, 6) is 0. The Bertz CT molecular complexity index is 186. The molecule has 4 heteroatoms. The van der Waals surface area contributed by atoms with Gasteiger partial charge in [-0.25, -0.2) is 4.98 Å². The standard InChI is InChI=1S/C4H3N3S/c5-2-1-4-6-3-7-8-4/h3H,1H2. The molecule has 0 aliphatic heterocycles. The molecule has 0 saturated heterocycles. The fraction of sp³-hybridized carbons (Fsp3) is 0.250. The van der Waals surface area contributed by atoms with Crippen molar-refractivity contribution in [1.82, 2.24) is 9.36 Å². The van der Waals surface area contributed by atoms with E-state index in [0.29, 0.717) is 6.42 Å². The molecule has 8 heavy (non-hydrogen) atoms. The summed E-state index contributed by atoms with van der Waals surface area (Å²) in [6.07, 6.45) is 1.84. The summed E-state index contributed by atoms with van der Waals surface area (Å²) in [4.78, 5) is 3.79. The molecule has 0 amide bonds. The first-order valence-electron chi connectivity index (χ1n) is 2.06. The molecule has 1 aromatic rings.